The molecule has 3 rings (SSSR count). The van der Waals surface area contributed by atoms with Crippen LogP contribution in [-0.2, 0) is 22.6 Å². The van der Waals surface area contributed by atoms with Crippen LogP contribution in [-0.4, -0.2) is 36.4 Å². The first-order valence-corrected chi connectivity index (χ1v) is 8.92. The fraction of sp³-hybridized carbons (Fsp3) is 0.333. The molecule has 0 spiro atoms. The van der Waals surface area contributed by atoms with Gasteiger partial charge in [-0.25, -0.2) is 0 Å². The summed E-state index contributed by atoms with van der Waals surface area (Å²) in [6.45, 7) is 1.03. The van der Waals surface area contributed by atoms with Crippen LogP contribution in [0.15, 0.2) is 54.6 Å². The van der Waals surface area contributed by atoms with E-state index in [1.54, 1.807) is 12.0 Å². The Morgan fingerprint density at radius 1 is 1.12 bits per heavy atom. The number of methoxy groups -OCH3 is 1. The smallest absolute Gasteiger partial charge is 0.243 e. The SMILES string of the molecule is COc1ccccc1CNC(=O)C1CCCN1C(=O)Cc1ccccc1. The second-order valence-electron chi connectivity index (χ2n) is 6.44. The molecule has 1 heterocycles. The highest BCUT2D eigenvalue weighted by Crippen LogP contribution is 2.20. The molecule has 1 aliphatic heterocycles. The first kappa shape index (κ1) is 18.0. The van der Waals surface area contributed by atoms with E-state index in [9.17, 15) is 9.59 Å². The first-order valence-electron chi connectivity index (χ1n) is 8.92. The van der Waals surface area contributed by atoms with Gasteiger partial charge in [-0.15, -0.1) is 0 Å². The molecule has 5 heteroatoms. The molecule has 1 fully saturated rings. The number of amides is 2. The molecule has 1 N–H and O–H groups in total. The highest BCUT2D eigenvalue weighted by atomic mass is 16.5. The van der Waals surface area contributed by atoms with Crippen molar-refractivity contribution in [3.05, 3.63) is 65.7 Å². The van der Waals surface area contributed by atoms with Crippen LogP contribution < -0.4 is 10.1 Å². The van der Waals surface area contributed by atoms with Crippen molar-refractivity contribution in [2.24, 2.45) is 0 Å². The van der Waals surface area contributed by atoms with Gasteiger partial charge in [-0.05, 0) is 24.5 Å². The third-order valence-corrected chi connectivity index (χ3v) is 4.72. The number of carbonyl (C=O) groups is 2. The number of hydrogen-bond acceptors (Lipinski definition) is 3. The van der Waals surface area contributed by atoms with Crippen LogP contribution in [0.1, 0.15) is 24.0 Å². The number of hydrogen-bond donors (Lipinski definition) is 1. The summed E-state index contributed by atoms with van der Waals surface area (Å²) in [5, 5.41) is 2.95. The molecule has 0 bridgehead atoms. The van der Waals surface area contributed by atoms with E-state index < -0.39 is 0 Å². The van der Waals surface area contributed by atoms with E-state index in [0.717, 1.165) is 23.3 Å². The Bertz CT molecular complexity index is 761. The van der Waals surface area contributed by atoms with Crippen molar-refractivity contribution in [3.8, 4) is 5.75 Å². The van der Waals surface area contributed by atoms with Gasteiger partial charge < -0.3 is 15.0 Å². The second-order valence-corrected chi connectivity index (χ2v) is 6.44. The molecule has 2 aromatic carbocycles. The largest absolute Gasteiger partial charge is 0.496 e. The molecule has 5 nitrogen and oxygen atoms in total. The average molecular weight is 352 g/mol. The number of likely N-dealkylation sites (tertiary alicyclic amines) is 1. The minimum Gasteiger partial charge on any atom is -0.496 e. The van der Waals surface area contributed by atoms with Crippen molar-refractivity contribution in [2.45, 2.75) is 31.8 Å². The van der Waals surface area contributed by atoms with Gasteiger partial charge in [0.25, 0.3) is 0 Å². The molecule has 1 unspecified atom stereocenters. The van der Waals surface area contributed by atoms with Gasteiger partial charge in [0, 0.05) is 18.7 Å². The zero-order valence-corrected chi connectivity index (χ0v) is 15.0. The Labute approximate surface area is 154 Å². The predicted molar refractivity (Wildman–Crippen MR) is 99.7 cm³/mol. The van der Waals surface area contributed by atoms with Gasteiger partial charge in [-0.2, -0.15) is 0 Å². The number of para-hydroxylation sites is 1. The minimum absolute atomic E-state index is 0.00569. The second kappa shape index (κ2) is 8.52. The van der Waals surface area contributed by atoms with Crippen LogP contribution >= 0.6 is 0 Å². The highest BCUT2D eigenvalue weighted by molar-refractivity contribution is 5.89. The topological polar surface area (TPSA) is 58.6 Å². The van der Waals surface area contributed by atoms with Crippen LogP contribution in [0.5, 0.6) is 5.75 Å². The zero-order valence-electron chi connectivity index (χ0n) is 15.0. The molecule has 0 saturated carbocycles. The minimum atomic E-state index is -0.388. The summed E-state index contributed by atoms with van der Waals surface area (Å²) in [5.74, 6) is 0.650. The van der Waals surface area contributed by atoms with Gasteiger partial charge in [-0.1, -0.05) is 48.5 Å². The molecule has 1 aliphatic rings. The summed E-state index contributed by atoms with van der Waals surface area (Å²) >= 11 is 0. The number of ether oxygens (including phenoxy) is 1. The van der Waals surface area contributed by atoms with Gasteiger partial charge in [0.1, 0.15) is 11.8 Å². The van der Waals surface area contributed by atoms with Crippen molar-refractivity contribution in [2.75, 3.05) is 13.7 Å². The summed E-state index contributed by atoms with van der Waals surface area (Å²) < 4.78 is 5.31. The van der Waals surface area contributed by atoms with E-state index >= 15 is 0 Å². The lowest BCUT2D eigenvalue weighted by molar-refractivity contribution is -0.138. The summed E-state index contributed by atoms with van der Waals surface area (Å²) in [5.41, 5.74) is 1.89. The number of benzene rings is 2. The standard InChI is InChI=1S/C21H24N2O3/c1-26-19-12-6-5-10-17(19)15-22-21(25)18-11-7-13-23(18)20(24)14-16-8-3-2-4-9-16/h2-6,8-10,12,18H,7,11,13-15H2,1H3,(H,22,25). The van der Waals surface area contributed by atoms with Gasteiger partial charge in [-0.3, -0.25) is 9.59 Å². The van der Waals surface area contributed by atoms with Gasteiger partial charge in [0.05, 0.1) is 13.5 Å². The summed E-state index contributed by atoms with van der Waals surface area (Å²) in [7, 11) is 1.61. The van der Waals surface area contributed by atoms with E-state index in [2.05, 4.69) is 5.32 Å². The molecule has 2 aromatic rings. The highest BCUT2D eigenvalue weighted by Gasteiger charge is 2.33. The third kappa shape index (κ3) is 4.23. The Morgan fingerprint density at radius 2 is 1.85 bits per heavy atom. The monoisotopic (exact) mass is 352 g/mol. The summed E-state index contributed by atoms with van der Waals surface area (Å²) in [6, 6.07) is 16.8. The maximum Gasteiger partial charge on any atom is 0.243 e. The number of nitrogens with zero attached hydrogens (tertiary/aromatic N) is 1. The van der Waals surface area contributed by atoms with E-state index in [-0.39, 0.29) is 17.9 Å². The van der Waals surface area contributed by atoms with Crippen molar-refractivity contribution >= 4 is 11.8 Å². The quantitative estimate of drug-likeness (QED) is 0.869. The molecular weight excluding hydrogens is 328 g/mol. The maximum absolute atomic E-state index is 12.6. The van der Waals surface area contributed by atoms with Gasteiger partial charge >= 0.3 is 0 Å². The molecule has 136 valence electrons. The van der Waals surface area contributed by atoms with Crippen molar-refractivity contribution < 1.29 is 14.3 Å². The van der Waals surface area contributed by atoms with Crippen molar-refractivity contribution in [1.29, 1.82) is 0 Å². The Hall–Kier alpha value is -2.82. The number of rotatable bonds is 6. The van der Waals surface area contributed by atoms with Crippen LogP contribution in [0.4, 0.5) is 0 Å². The Kier molecular flexibility index (Phi) is 5.89. The molecule has 2 amide bonds. The van der Waals surface area contributed by atoms with E-state index in [1.165, 1.54) is 0 Å². The number of nitrogens with one attached hydrogen (secondary N) is 1. The van der Waals surface area contributed by atoms with Crippen molar-refractivity contribution in [1.82, 2.24) is 10.2 Å². The maximum atomic E-state index is 12.6. The molecular formula is C21H24N2O3. The third-order valence-electron chi connectivity index (χ3n) is 4.72. The van der Waals surface area contributed by atoms with Crippen molar-refractivity contribution in [3.63, 3.8) is 0 Å². The van der Waals surface area contributed by atoms with E-state index in [4.69, 9.17) is 4.74 Å². The Balaban J connectivity index is 1.60. The summed E-state index contributed by atoms with van der Waals surface area (Å²) in [4.78, 5) is 27.0. The zero-order chi connectivity index (χ0) is 18.4. The molecule has 26 heavy (non-hydrogen) atoms. The fourth-order valence-corrected chi connectivity index (χ4v) is 3.36. The normalized spacial score (nSPS) is 16.3. The molecule has 1 saturated heterocycles. The lowest BCUT2D eigenvalue weighted by Gasteiger charge is -2.24. The average Bonchev–Trinajstić information content (AvgIpc) is 3.17. The predicted octanol–water partition coefficient (Wildman–Crippen LogP) is 2.55. The van der Waals surface area contributed by atoms with Crippen LogP contribution in [0.3, 0.4) is 0 Å². The van der Waals surface area contributed by atoms with Crippen LogP contribution in [0.25, 0.3) is 0 Å². The Morgan fingerprint density at radius 3 is 2.62 bits per heavy atom. The lowest BCUT2D eigenvalue weighted by atomic mass is 10.1. The van der Waals surface area contributed by atoms with Crippen LogP contribution in [0.2, 0.25) is 0 Å². The van der Waals surface area contributed by atoms with E-state index in [1.807, 2.05) is 54.6 Å². The van der Waals surface area contributed by atoms with E-state index in [0.29, 0.717) is 25.9 Å². The lowest BCUT2D eigenvalue weighted by Crippen LogP contribution is -2.46. The molecule has 0 aromatic heterocycles. The van der Waals surface area contributed by atoms with Gasteiger partial charge in [0.2, 0.25) is 11.8 Å². The first-order chi connectivity index (χ1) is 12.7. The van der Waals surface area contributed by atoms with Gasteiger partial charge in [0.15, 0.2) is 0 Å². The fourth-order valence-electron chi connectivity index (χ4n) is 3.36. The van der Waals surface area contributed by atoms with Crippen LogP contribution in [0, 0.1) is 0 Å². The number of carbonyl (C=O) groups excluding carboxylic acids is 2. The molecule has 1 atom stereocenters. The molecule has 0 aliphatic carbocycles. The molecule has 0 radical (unpaired) electrons. The summed E-state index contributed by atoms with van der Waals surface area (Å²) in [6.07, 6.45) is 1.89.